The first-order valence-electron chi connectivity index (χ1n) is 6.98. The summed E-state index contributed by atoms with van der Waals surface area (Å²) in [7, 11) is 1.72. The Kier molecular flexibility index (Phi) is 5.76. The van der Waals surface area contributed by atoms with Crippen molar-refractivity contribution in [1.82, 2.24) is 14.9 Å². The minimum atomic E-state index is 0.508. The quantitative estimate of drug-likeness (QED) is 0.761. The lowest BCUT2D eigenvalue weighted by Gasteiger charge is -2.09. The third kappa shape index (κ3) is 4.16. The van der Waals surface area contributed by atoms with Crippen LogP contribution in [0, 0.1) is 0 Å². The summed E-state index contributed by atoms with van der Waals surface area (Å²) in [6.45, 7) is 7.68. The van der Waals surface area contributed by atoms with Gasteiger partial charge in [0.05, 0.1) is 23.9 Å². The molecule has 110 valence electrons. The first kappa shape index (κ1) is 15.2. The van der Waals surface area contributed by atoms with Gasteiger partial charge in [-0.2, -0.15) is 0 Å². The Morgan fingerprint density at radius 1 is 1.45 bits per heavy atom. The van der Waals surface area contributed by atoms with Crippen molar-refractivity contribution < 1.29 is 4.74 Å². The second-order valence-corrected chi connectivity index (χ2v) is 6.02. The summed E-state index contributed by atoms with van der Waals surface area (Å²) in [6, 6.07) is 4.23. The molecule has 0 bridgehead atoms. The summed E-state index contributed by atoms with van der Waals surface area (Å²) in [6.07, 6.45) is 2.11. The van der Waals surface area contributed by atoms with Gasteiger partial charge in [0.1, 0.15) is 0 Å². The van der Waals surface area contributed by atoms with E-state index in [1.165, 1.54) is 10.7 Å². The SMILES string of the molecule is COCCNCc1cccn1Cc1csc(C(C)C)n1. The van der Waals surface area contributed by atoms with E-state index < -0.39 is 0 Å². The van der Waals surface area contributed by atoms with Crippen LogP contribution >= 0.6 is 11.3 Å². The Balaban J connectivity index is 1.93. The van der Waals surface area contributed by atoms with Gasteiger partial charge in [-0.25, -0.2) is 4.98 Å². The number of hydrogen-bond acceptors (Lipinski definition) is 4. The maximum absolute atomic E-state index is 5.03. The fraction of sp³-hybridized carbons (Fsp3) is 0.533. The van der Waals surface area contributed by atoms with Crippen molar-refractivity contribution in [2.45, 2.75) is 32.9 Å². The van der Waals surface area contributed by atoms with Crippen LogP contribution in [-0.4, -0.2) is 29.8 Å². The first-order valence-corrected chi connectivity index (χ1v) is 7.86. The molecule has 2 rings (SSSR count). The highest BCUT2D eigenvalue weighted by molar-refractivity contribution is 7.09. The molecule has 20 heavy (non-hydrogen) atoms. The fourth-order valence-electron chi connectivity index (χ4n) is 1.99. The fourth-order valence-corrected chi connectivity index (χ4v) is 2.82. The maximum atomic E-state index is 5.03. The van der Waals surface area contributed by atoms with Gasteiger partial charge in [0.15, 0.2) is 0 Å². The highest BCUT2D eigenvalue weighted by Gasteiger charge is 2.07. The summed E-state index contributed by atoms with van der Waals surface area (Å²) < 4.78 is 7.28. The van der Waals surface area contributed by atoms with Crippen LogP contribution in [0.15, 0.2) is 23.7 Å². The van der Waals surface area contributed by atoms with Crippen molar-refractivity contribution in [3.05, 3.63) is 40.1 Å². The summed E-state index contributed by atoms with van der Waals surface area (Å²) in [5, 5.41) is 6.75. The summed E-state index contributed by atoms with van der Waals surface area (Å²) >= 11 is 1.75. The zero-order chi connectivity index (χ0) is 14.4. The van der Waals surface area contributed by atoms with Gasteiger partial charge in [0.25, 0.3) is 0 Å². The Morgan fingerprint density at radius 3 is 3.00 bits per heavy atom. The van der Waals surface area contributed by atoms with E-state index in [1.807, 2.05) is 0 Å². The van der Waals surface area contributed by atoms with E-state index in [0.29, 0.717) is 5.92 Å². The molecule has 0 spiro atoms. The molecule has 0 atom stereocenters. The normalized spacial score (nSPS) is 11.4. The van der Waals surface area contributed by atoms with Crippen molar-refractivity contribution in [1.29, 1.82) is 0 Å². The topological polar surface area (TPSA) is 39.1 Å². The van der Waals surface area contributed by atoms with Gasteiger partial charge < -0.3 is 14.6 Å². The molecule has 0 aromatic carbocycles. The van der Waals surface area contributed by atoms with E-state index in [-0.39, 0.29) is 0 Å². The Morgan fingerprint density at radius 2 is 2.30 bits per heavy atom. The molecule has 5 heteroatoms. The molecule has 0 aliphatic rings. The van der Waals surface area contributed by atoms with Crippen LogP contribution in [0.1, 0.15) is 36.2 Å². The molecule has 0 fully saturated rings. The van der Waals surface area contributed by atoms with Gasteiger partial charge >= 0.3 is 0 Å². The van der Waals surface area contributed by atoms with Crippen molar-refractivity contribution in [2.75, 3.05) is 20.3 Å². The van der Waals surface area contributed by atoms with Crippen molar-refractivity contribution in [3.8, 4) is 0 Å². The number of rotatable bonds is 8. The summed E-state index contributed by atoms with van der Waals surface area (Å²) in [5.41, 5.74) is 2.42. The highest BCUT2D eigenvalue weighted by atomic mass is 32.1. The molecule has 0 saturated carbocycles. The Labute approximate surface area is 124 Å². The van der Waals surface area contributed by atoms with Crippen LogP contribution in [0.25, 0.3) is 0 Å². The average molecular weight is 293 g/mol. The second kappa shape index (κ2) is 7.57. The van der Waals surface area contributed by atoms with Gasteiger partial charge in [-0.05, 0) is 12.1 Å². The third-order valence-corrected chi connectivity index (χ3v) is 4.30. The van der Waals surface area contributed by atoms with Crippen molar-refractivity contribution >= 4 is 11.3 Å². The highest BCUT2D eigenvalue weighted by Crippen LogP contribution is 2.20. The van der Waals surface area contributed by atoms with Crippen molar-refractivity contribution in [3.63, 3.8) is 0 Å². The molecule has 2 aromatic heterocycles. The molecular formula is C15H23N3OS. The molecule has 0 saturated heterocycles. The lowest BCUT2D eigenvalue weighted by atomic mass is 10.2. The Hall–Kier alpha value is -1.17. The van der Waals surface area contributed by atoms with Crippen LogP contribution in [0.4, 0.5) is 0 Å². The smallest absolute Gasteiger partial charge is 0.0954 e. The van der Waals surface area contributed by atoms with E-state index in [1.54, 1.807) is 18.4 Å². The molecule has 2 aromatic rings. The van der Waals surface area contributed by atoms with E-state index in [2.05, 4.69) is 47.4 Å². The average Bonchev–Trinajstić information content (AvgIpc) is 3.05. The van der Waals surface area contributed by atoms with Crippen LogP contribution in [0.5, 0.6) is 0 Å². The van der Waals surface area contributed by atoms with Gasteiger partial charge in [0.2, 0.25) is 0 Å². The molecule has 0 radical (unpaired) electrons. The third-order valence-electron chi connectivity index (χ3n) is 3.11. The largest absolute Gasteiger partial charge is 0.383 e. The van der Waals surface area contributed by atoms with Crippen LogP contribution in [0.2, 0.25) is 0 Å². The van der Waals surface area contributed by atoms with Gasteiger partial charge in [-0.1, -0.05) is 13.8 Å². The van der Waals surface area contributed by atoms with Gasteiger partial charge in [-0.3, -0.25) is 0 Å². The van der Waals surface area contributed by atoms with Crippen molar-refractivity contribution in [2.24, 2.45) is 0 Å². The predicted octanol–water partition coefficient (Wildman–Crippen LogP) is 2.85. The zero-order valence-electron chi connectivity index (χ0n) is 12.4. The lowest BCUT2D eigenvalue weighted by Crippen LogP contribution is -2.20. The molecule has 4 nitrogen and oxygen atoms in total. The Bertz CT molecular complexity index is 519. The summed E-state index contributed by atoms with van der Waals surface area (Å²) in [4.78, 5) is 4.69. The number of nitrogens with one attached hydrogen (secondary N) is 1. The predicted molar refractivity (Wildman–Crippen MR) is 83.3 cm³/mol. The lowest BCUT2D eigenvalue weighted by molar-refractivity contribution is 0.199. The van der Waals surface area contributed by atoms with E-state index >= 15 is 0 Å². The molecule has 0 aliphatic heterocycles. The second-order valence-electron chi connectivity index (χ2n) is 5.13. The van der Waals surface area contributed by atoms with E-state index in [4.69, 9.17) is 9.72 Å². The molecule has 0 unspecified atom stereocenters. The standard InChI is InChI=1S/C15H23N3OS/c1-12(2)15-17-13(11-20-15)10-18-7-4-5-14(18)9-16-6-8-19-3/h4-5,7,11-12,16H,6,8-10H2,1-3H3. The number of thiazole rings is 1. The molecule has 0 amide bonds. The minimum absolute atomic E-state index is 0.508. The summed E-state index contributed by atoms with van der Waals surface area (Å²) in [5.74, 6) is 0.508. The molecule has 1 N–H and O–H groups in total. The minimum Gasteiger partial charge on any atom is -0.383 e. The number of aromatic nitrogens is 2. The monoisotopic (exact) mass is 293 g/mol. The van der Waals surface area contributed by atoms with Crippen LogP contribution < -0.4 is 5.32 Å². The molecule has 2 heterocycles. The van der Waals surface area contributed by atoms with Gasteiger partial charge in [-0.15, -0.1) is 11.3 Å². The van der Waals surface area contributed by atoms with E-state index in [9.17, 15) is 0 Å². The number of methoxy groups -OCH3 is 1. The maximum Gasteiger partial charge on any atom is 0.0954 e. The zero-order valence-corrected chi connectivity index (χ0v) is 13.2. The number of nitrogens with zero attached hydrogens (tertiary/aromatic N) is 2. The number of ether oxygens (including phenoxy) is 1. The van der Waals surface area contributed by atoms with Crippen LogP contribution in [-0.2, 0) is 17.8 Å². The van der Waals surface area contributed by atoms with E-state index in [0.717, 1.165) is 31.9 Å². The molecule has 0 aliphatic carbocycles. The number of hydrogen-bond donors (Lipinski definition) is 1. The molecular weight excluding hydrogens is 270 g/mol. The van der Waals surface area contributed by atoms with Crippen LogP contribution in [0.3, 0.4) is 0 Å². The first-order chi connectivity index (χ1) is 9.70. The van der Waals surface area contributed by atoms with Gasteiger partial charge in [0, 0.05) is 43.4 Å².